The molecule has 0 atom stereocenters. The van der Waals surface area contributed by atoms with Gasteiger partial charge in [-0.2, -0.15) is 0 Å². The third kappa shape index (κ3) is 5.70. The molecule has 2 nitrogen and oxygen atoms in total. The van der Waals surface area contributed by atoms with Gasteiger partial charge in [0.15, 0.2) is 0 Å². The molecular weight excluding hydrogens is 313 g/mol. The number of halogens is 1. The second-order valence-electron chi connectivity index (χ2n) is 3.61. The zero-order chi connectivity index (χ0) is 11.6. The summed E-state index contributed by atoms with van der Waals surface area (Å²) in [6, 6.07) is 0. The Kier molecular flexibility index (Phi) is 7.59. The van der Waals surface area contributed by atoms with Crippen molar-refractivity contribution in [2.24, 2.45) is 0 Å². The van der Waals surface area contributed by atoms with Crippen molar-refractivity contribution in [2.75, 3.05) is 19.7 Å². The van der Waals surface area contributed by atoms with Crippen LogP contribution in [0.25, 0.3) is 0 Å². The predicted molar refractivity (Wildman–Crippen MR) is 64.7 cm³/mol. The molecular formula is C13H21INO-. The Morgan fingerprint density at radius 2 is 2.12 bits per heavy atom. The van der Waals surface area contributed by atoms with Gasteiger partial charge in [-0.25, -0.2) is 0 Å². The average Bonchev–Trinajstić information content (AvgIpc) is 2.51. The van der Waals surface area contributed by atoms with Crippen molar-refractivity contribution in [1.29, 1.82) is 0 Å². The minimum atomic E-state index is 0.0363. The molecule has 0 unspecified atom stereocenters. The van der Waals surface area contributed by atoms with Gasteiger partial charge in [0.1, 0.15) is 0 Å². The van der Waals surface area contributed by atoms with Crippen molar-refractivity contribution in [2.45, 2.75) is 26.7 Å². The van der Waals surface area contributed by atoms with Gasteiger partial charge in [0, 0.05) is 0 Å². The van der Waals surface area contributed by atoms with Crippen molar-refractivity contribution in [3.8, 4) is 0 Å². The summed E-state index contributed by atoms with van der Waals surface area (Å²) >= 11 is 0.0363. The van der Waals surface area contributed by atoms with E-state index in [1.54, 1.807) is 0 Å². The molecule has 1 rings (SSSR count). The quantitative estimate of drug-likeness (QED) is 0.514. The van der Waals surface area contributed by atoms with Gasteiger partial charge in [-0.05, 0) is 0 Å². The maximum atomic E-state index is 5.70. The summed E-state index contributed by atoms with van der Waals surface area (Å²) in [6.45, 7) is 7.02. The first-order valence-corrected chi connectivity index (χ1v) is 8.38. The molecule has 1 heterocycles. The van der Waals surface area contributed by atoms with Crippen molar-refractivity contribution >= 4 is 0 Å². The van der Waals surface area contributed by atoms with E-state index in [0.29, 0.717) is 0 Å². The summed E-state index contributed by atoms with van der Waals surface area (Å²) < 4.78 is 10.3. The van der Waals surface area contributed by atoms with Gasteiger partial charge in [-0.1, -0.05) is 0 Å². The molecule has 1 N–H and O–H groups in total. The van der Waals surface area contributed by atoms with E-state index in [1.165, 1.54) is 18.4 Å². The molecule has 0 radical (unpaired) electrons. The molecule has 1 aliphatic heterocycles. The first kappa shape index (κ1) is 13.8. The number of likely N-dealkylation sites (N-methyl/N-ethyl adjacent to an activating group) is 1. The summed E-state index contributed by atoms with van der Waals surface area (Å²) in [5, 5.41) is 3.25. The molecule has 1 aliphatic rings. The van der Waals surface area contributed by atoms with Gasteiger partial charge in [-0.3, -0.25) is 0 Å². The SMILES string of the molecule is CCCC1=C[I-]C=C(OCCNCC)C=C1. The summed E-state index contributed by atoms with van der Waals surface area (Å²) in [4.78, 5) is 0. The van der Waals surface area contributed by atoms with Crippen LogP contribution in [0.4, 0.5) is 0 Å². The Morgan fingerprint density at radius 1 is 1.25 bits per heavy atom. The summed E-state index contributed by atoms with van der Waals surface area (Å²) in [5.41, 5.74) is 1.47. The van der Waals surface area contributed by atoms with Crippen LogP contribution in [0, 0.1) is 0 Å². The fraction of sp³-hybridized carbons (Fsp3) is 0.538. The van der Waals surface area contributed by atoms with Crippen molar-refractivity contribution < 1.29 is 25.9 Å². The number of hydrogen-bond acceptors (Lipinski definition) is 2. The molecule has 0 aromatic rings. The van der Waals surface area contributed by atoms with Gasteiger partial charge in [0.25, 0.3) is 0 Å². The fourth-order valence-electron chi connectivity index (χ4n) is 1.36. The number of rotatable bonds is 7. The monoisotopic (exact) mass is 334 g/mol. The second-order valence-corrected chi connectivity index (χ2v) is 5.57. The number of allylic oxidation sites excluding steroid dienone is 3. The van der Waals surface area contributed by atoms with Crippen LogP contribution >= 0.6 is 0 Å². The normalized spacial score (nSPS) is 15.9. The van der Waals surface area contributed by atoms with Crippen LogP contribution in [0.2, 0.25) is 0 Å². The van der Waals surface area contributed by atoms with Gasteiger partial charge < -0.3 is 0 Å². The van der Waals surface area contributed by atoms with Crippen LogP contribution in [0.1, 0.15) is 26.7 Å². The zero-order valence-electron chi connectivity index (χ0n) is 10.1. The van der Waals surface area contributed by atoms with Gasteiger partial charge in [0.2, 0.25) is 0 Å². The topological polar surface area (TPSA) is 21.3 Å². The van der Waals surface area contributed by atoms with Crippen LogP contribution in [0.5, 0.6) is 0 Å². The zero-order valence-corrected chi connectivity index (χ0v) is 12.3. The third-order valence-corrected chi connectivity index (χ3v) is 4.30. The van der Waals surface area contributed by atoms with Crippen LogP contribution < -0.4 is 26.5 Å². The van der Waals surface area contributed by atoms with Crippen LogP contribution in [0.3, 0.4) is 0 Å². The van der Waals surface area contributed by atoms with Crippen molar-refractivity contribution in [3.63, 3.8) is 0 Å². The Labute approximate surface area is 109 Å². The third-order valence-electron chi connectivity index (χ3n) is 2.17. The number of ether oxygens (including phenoxy) is 1. The summed E-state index contributed by atoms with van der Waals surface area (Å²) in [7, 11) is 0. The molecule has 0 amide bonds. The van der Waals surface area contributed by atoms with E-state index >= 15 is 0 Å². The second kappa shape index (κ2) is 8.82. The average molecular weight is 334 g/mol. The van der Waals surface area contributed by atoms with Crippen molar-refractivity contribution in [1.82, 2.24) is 5.32 Å². The van der Waals surface area contributed by atoms with Crippen molar-refractivity contribution in [3.05, 3.63) is 31.6 Å². The van der Waals surface area contributed by atoms with E-state index in [9.17, 15) is 0 Å². The standard InChI is InChI=1S/C13H21INO/c1-3-5-12-6-7-13(11-14-10-12)16-9-8-15-4-2/h6-7,10-11,15H,3-5,8-9H2,1-2H3/q-1. The van der Waals surface area contributed by atoms with E-state index in [4.69, 9.17) is 4.74 Å². The van der Waals surface area contributed by atoms with E-state index in [0.717, 1.165) is 25.5 Å². The molecule has 0 spiro atoms. The molecule has 3 heteroatoms. The molecule has 0 fully saturated rings. The first-order chi connectivity index (χ1) is 7.86. The Morgan fingerprint density at radius 3 is 2.88 bits per heavy atom. The minimum absolute atomic E-state index is 0.0363. The molecule has 0 aliphatic carbocycles. The molecule has 0 saturated carbocycles. The molecule has 0 saturated heterocycles. The fourth-order valence-corrected chi connectivity index (χ4v) is 3.26. The number of nitrogens with one attached hydrogen (secondary N) is 1. The molecule has 0 aromatic carbocycles. The predicted octanol–water partition coefficient (Wildman–Crippen LogP) is -0.203. The Hall–Kier alpha value is -0.290. The molecule has 0 aromatic heterocycles. The van der Waals surface area contributed by atoms with Gasteiger partial charge in [0.05, 0.1) is 0 Å². The molecule has 92 valence electrons. The van der Waals surface area contributed by atoms with Crippen LogP contribution in [-0.4, -0.2) is 19.7 Å². The molecule has 16 heavy (non-hydrogen) atoms. The van der Waals surface area contributed by atoms with Crippen LogP contribution in [-0.2, 0) is 4.74 Å². The maximum absolute atomic E-state index is 5.70. The van der Waals surface area contributed by atoms with E-state index in [1.807, 2.05) is 0 Å². The number of hydrogen-bond donors (Lipinski definition) is 1. The first-order valence-electron chi connectivity index (χ1n) is 5.89. The Bertz CT molecular complexity index is 282. The van der Waals surface area contributed by atoms with Crippen LogP contribution in [0.15, 0.2) is 31.6 Å². The summed E-state index contributed by atoms with van der Waals surface area (Å²) in [6.07, 6.45) is 6.72. The van der Waals surface area contributed by atoms with E-state index < -0.39 is 0 Å². The van der Waals surface area contributed by atoms with Gasteiger partial charge in [-0.15, -0.1) is 0 Å². The van der Waals surface area contributed by atoms with E-state index in [-0.39, 0.29) is 21.2 Å². The summed E-state index contributed by atoms with van der Waals surface area (Å²) in [5.74, 6) is 1.05. The van der Waals surface area contributed by atoms with Gasteiger partial charge >= 0.3 is 109 Å². The Balaban J connectivity index is 2.30. The van der Waals surface area contributed by atoms with E-state index in [2.05, 4.69) is 39.5 Å². The molecule has 0 bridgehead atoms.